The molecule has 32 heavy (non-hydrogen) atoms. The number of fused-ring (bicyclic) bond motifs is 1. The number of hydrogen-bond donors (Lipinski definition) is 1. The van der Waals surface area contributed by atoms with Gasteiger partial charge in [0.15, 0.2) is 17.3 Å². The SMILES string of the molecule is COc1ccc(C(=O)/C(Cc2ccccc2)=C(/C(=O)O)c2ccc3c(c2)OCO3)cc1C. The third kappa shape index (κ3) is 4.21. The summed E-state index contributed by atoms with van der Waals surface area (Å²) < 4.78 is 16.0. The van der Waals surface area contributed by atoms with Gasteiger partial charge < -0.3 is 19.3 Å². The minimum absolute atomic E-state index is 0.0642. The predicted molar refractivity (Wildman–Crippen MR) is 119 cm³/mol. The van der Waals surface area contributed by atoms with Gasteiger partial charge in [-0.2, -0.15) is 0 Å². The number of carbonyl (C=O) groups excluding carboxylic acids is 1. The summed E-state index contributed by atoms with van der Waals surface area (Å²) >= 11 is 0. The molecule has 0 aromatic heterocycles. The van der Waals surface area contributed by atoms with Gasteiger partial charge in [-0.15, -0.1) is 0 Å². The number of methoxy groups -OCH3 is 1. The van der Waals surface area contributed by atoms with E-state index in [9.17, 15) is 14.7 Å². The molecule has 3 aromatic carbocycles. The van der Waals surface area contributed by atoms with Crippen molar-refractivity contribution < 1.29 is 28.9 Å². The van der Waals surface area contributed by atoms with Crippen LogP contribution in [0.2, 0.25) is 0 Å². The lowest BCUT2D eigenvalue weighted by molar-refractivity contribution is -0.130. The Morgan fingerprint density at radius 1 is 0.938 bits per heavy atom. The van der Waals surface area contributed by atoms with E-state index in [-0.39, 0.29) is 30.1 Å². The summed E-state index contributed by atoms with van der Waals surface area (Å²) in [6.45, 7) is 1.91. The third-order valence-corrected chi connectivity index (χ3v) is 5.33. The number of ketones is 1. The first-order valence-electron chi connectivity index (χ1n) is 10.1. The number of carboxylic acid groups (broad SMARTS) is 1. The largest absolute Gasteiger partial charge is 0.496 e. The molecule has 0 aliphatic carbocycles. The molecule has 162 valence electrons. The van der Waals surface area contributed by atoms with Crippen molar-refractivity contribution >= 4 is 17.3 Å². The van der Waals surface area contributed by atoms with Crippen molar-refractivity contribution in [2.45, 2.75) is 13.3 Å². The molecular weight excluding hydrogens is 408 g/mol. The van der Waals surface area contributed by atoms with Crippen LogP contribution < -0.4 is 14.2 Å². The smallest absolute Gasteiger partial charge is 0.336 e. The van der Waals surface area contributed by atoms with Crippen LogP contribution >= 0.6 is 0 Å². The van der Waals surface area contributed by atoms with E-state index in [4.69, 9.17) is 14.2 Å². The number of benzene rings is 3. The van der Waals surface area contributed by atoms with Crippen LogP contribution in [0.15, 0.2) is 72.3 Å². The summed E-state index contributed by atoms with van der Waals surface area (Å²) in [7, 11) is 1.56. The van der Waals surface area contributed by atoms with Crippen molar-refractivity contribution in [3.8, 4) is 17.2 Å². The first-order chi connectivity index (χ1) is 15.5. The number of Topliss-reactive ketones (excluding diaryl/α,β-unsaturated/α-hetero) is 1. The zero-order chi connectivity index (χ0) is 22.7. The third-order valence-electron chi connectivity index (χ3n) is 5.33. The quantitative estimate of drug-likeness (QED) is 0.432. The summed E-state index contributed by atoms with van der Waals surface area (Å²) in [5.74, 6) is 0.112. The van der Waals surface area contributed by atoms with Gasteiger partial charge >= 0.3 is 5.97 Å². The lowest BCUT2D eigenvalue weighted by atomic mass is 9.89. The molecule has 4 rings (SSSR count). The average molecular weight is 430 g/mol. The minimum atomic E-state index is -1.19. The van der Waals surface area contributed by atoms with Gasteiger partial charge in [0.1, 0.15) is 5.75 Å². The fourth-order valence-corrected chi connectivity index (χ4v) is 3.75. The van der Waals surface area contributed by atoms with Crippen molar-refractivity contribution in [1.82, 2.24) is 0 Å². The highest BCUT2D eigenvalue weighted by Crippen LogP contribution is 2.36. The molecule has 0 saturated carbocycles. The Labute approximate surface area is 185 Å². The summed E-state index contributed by atoms with van der Waals surface area (Å²) in [4.78, 5) is 26.1. The highest BCUT2D eigenvalue weighted by atomic mass is 16.7. The molecule has 0 fully saturated rings. The molecular formula is C26H22O6. The van der Waals surface area contributed by atoms with Crippen molar-refractivity contribution in [3.63, 3.8) is 0 Å². The number of aliphatic carboxylic acids is 1. The zero-order valence-corrected chi connectivity index (χ0v) is 17.8. The fourth-order valence-electron chi connectivity index (χ4n) is 3.75. The Bertz CT molecular complexity index is 1210. The molecule has 0 radical (unpaired) electrons. The minimum Gasteiger partial charge on any atom is -0.496 e. The molecule has 1 aliphatic heterocycles. The Balaban J connectivity index is 1.88. The number of carboxylic acids is 1. The van der Waals surface area contributed by atoms with Crippen LogP contribution in [0.4, 0.5) is 0 Å². The number of hydrogen-bond acceptors (Lipinski definition) is 5. The maximum absolute atomic E-state index is 13.6. The second-order valence-electron chi connectivity index (χ2n) is 7.40. The highest BCUT2D eigenvalue weighted by Gasteiger charge is 2.26. The second kappa shape index (κ2) is 8.98. The Kier molecular flexibility index (Phi) is 5.94. The molecule has 6 heteroatoms. The molecule has 0 amide bonds. The van der Waals surface area contributed by atoms with Gasteiger partial charge in [-0.1, -0.05) is 36.4 Å². The van der Waals surface area contributed by atoms with E-state index in [2.05, 4.69) is 0 Å². The second-order valence-corrected chi connectivity index (χ2v) is 7.40. The van der Waals surface area contributed by atoms with E-state index in [0.717, 1.165) is 11.1 Å². The molecule has 0 atom stereocenters. The first-order valence-corrected chi connectivity index (χ1v) is 10.1. The van der Waals surface area contributed by atoms with E-state index in [1.165, 1.54) is 0 Å². The van der Waals surface area contributed by atoms with Gasteiger partial charge in [0, 0.05) is 17.6 Å². The number of ether oxygens (including phenoxy) is 3. The molecule has 1 N–H and O–H groups in total. The highest BCUT2D eigenvalue weighted by molar-refractivity contribution is 6.26. The monoisotopic (exact) mass is 430 g/mol. The van der Waals surface area contributed by atoms with Gasteiger partial charge in [0.2, 0.25) is 6.79 Å². The summed E-state index contributed by atoms with van der Waals surface area (Å²) in [5, 5.41) is 10.2. The van der Waals surface area contributed by atoms with E-state index in [1.807, 2.05) is 37.3 Å². The van der Waals surface area contributed by atoms with Crippen molar-refractivity contribution in [2.75, 3.05) is 13.9 Å². The van der Waals surface area contributed by atoms with Crippen molar-refractivity contribution in [3.05, 3.63) is 94.6 Å². The summed E-state index contributed by atoms with van der Waals surface area (Å²) in [6.07, 6.45) is 0.167. The van der Waals surface area contributed by atoms with E-state index in [0.29, 0.717) is 28.4 Å². The van der Waals surface area contributed by atoms with Crippen molar-refractivity contribution in [2.24, 2.45) is 0 Å². The molecule has 0 spiro atoms. The van der Waals surface area contributed by atoms with Gasteiger partial charge in [0.05, 0.1) is 12.7 Å². The average Bonchev–Trinajstić information content (AvgIpc) is 3.26. The van der Waals surface area contributed by atoms with E-state index < -0.39 is 5.97 Å². The number of carbonyl (C=O) groups is 2. The Morgan fingerprint density at radius 3 is 2.34 bits per heavy atom. The lowest BCUT2D eigenvalue weighted by Gasteiger charge is -2.14. The Hall–Kier alpha value is -4.06. The van der Waals surface area contributed by atoms with Gasteiger partial charge in [-0.05, 0) is 53.9 Å². The molecule has 0 saturated heterocycles. The predicted octanol–water partition coefficient (Wildman–Crippen LogP) is 4.70. The molecule has 1 heterocycles. The van der Waals surface area contributed by atoms with Crippen LogP contribution in [0.25, 0.3) is 5.57 Å². The van der Waals surface area contributed by atoms with Gasteiger partial charge in [0.25, 0.3) is 0 Å². The van der Waals surface area contributed by atoms with Crippen LogP contribution in [0.5, 0.6) is 17.2 Å². The maximum atomic E-state index is 13.6. The van der Waals surface area contributed by atoms with E-state index >= 15 is 0 Å². The standard InChI is InChI=1S/C26H22O6/c1-16-12-19(9-10-21(16)30-2)25(27)20(13-17-6-4-3-5-7-17)24(26(28)29)18-8-11-22-23(14-18)32-15-31-22/h3-12,14H,13,15H2,1-2H3,(H,28,29)/b24-20+. The Morgan fingerprint density at radius 2 is 1.66 bits per heavy atom. The zero-order valence-electron chi connectivity index (χ0n) is 17.8. The van der Waals surface area contributed by atoms with Crippen LogP contribution in [-0.2, 0) is 11.2 Å². The van der Waals surface area contributed by atoms with Gasteiger partial charge in [-0.3, -0.25) is 4.79 Å². The molecule has 0 bridgehead atoms. The topological polar surface area (TPSA) is 82.1 Å². The first kappa shape index (κ1) is 21.2. The van der Waals surface area contributed by atoms with Crippen molar-refractivity contribution in [1.29, 1.82) is 0 Å². The molecule has 0 unspecified atom stereocenters. The maximum Gasteiger partial charge on any atom is 0.336 e. The van der Waals surface area contributed by atoms with Crippen LogP contribution in [0, 0.1) is 6.92 Å². The van der Waals surface area contributed by atoms with Crippen LogP contribution in [0.3, 0.4) is 0 Å². The molecule has 3 aromatic rings. The summed E-state index contributed by atoms with van der Waals surface area (Å²) in [5.41, 5.74) is 2.52. The number of rotatable bonds is 7. The van der Waals surface area contributed by atoms with Crippen LogP contribution in [-0.4, -0.2) is 30.8 Å². The van der Waals surface area contributed by atoms with Gasteiger partial charge in [-0.25, -0.2) is 4.79 Å². The van der Waals surface area contributed by atoms with Crippen LogP contribution in [0.1, 0.15) is 27.0 Å². The lowest BCUT2D eigenvalue weighted by Crippen LogP contribution is -2.14. The van der Waals surface area contributed by atoms with E-state index in [1.54, 1.807) is 43.5 Å². The number of aryl methyl sites for hydroxylation is 1. The fraction of sp³-hybridized carbons (Fsp3) is 0.154. The normalized spacial score (nSPS) is 12.8. The number of allylic oxidation sites excluding steroid dienone is 1. The molecule has 6 nitrogen and oxygen atoms in total. The molecule has 1 aliphatic rings. The summed E-state index contributed by atoms with van der Waals surface area (Å²) in [6, 6.07) is 19.3.